The second-order valence-electron chi connectivity index (χ2n) is 7.39. The second-order valence-corrected chi connectivity index (χ2v) is 7.39. The van der Waals surface area contributed by atoms with Crippen LogP contribution in [0.15, 0.2) is 23.2 Å². The van der Waals surface area contributed by atoms with Crippen LogP contribution in [0.4, 0.5) is 0 Å². The highest BCUT2D eigenvalue weighted by Crippen LogP contribution is 2.15. The van der Waals surface area contributed by atoms with Gasteiger partial charge in [-0.1, -0.05) is 29.3 Å². The van der Waals surface area contributed by atoms with Crippen molar-refractivity contribution in [3.63, 3.8) is 0 Å². The van der Waals surface area contributed by atoms with Gasteiger partial charge in [-0.25, -0.2) is 0 Å². The molecule has 1 aliphatic heterocycles. The quantitative estimate of drug-likeness (QED) is 0.409. The van der Waals surface area contributed by atoms with Gasteiger partial charge in [0.25, 0.3) is 0 Å². The van der Waals surface area contributed by atoms with Gasteiger partial charge in [-0.3, -0.25) is 4.99 Å². The van der Waals surface area contributed by atoms with Crippen molar-refractivity contribution in [2.45, 2.75) is 52.6 Å². The first-order valence-electron chi connectivity index (χ1n) is 10.3. The summed E-state index contributed by atoms with van der Waals surface area (Å²) in [5.41, 5.74) is 4.03. The highest BCUT2D eigenvalue weighted by Gasteiger charge is 2.21. The van der Waals surface area contributed by atoms with Crippen LogP contribution in [0.1, 0.15) is 42.9 Å². The Kier molecular flexibility index (Phi) is 9.64. The van der Waals surface area contributed by atoms with Crippen LogP contribution in [-0.2, 0) is 15.9 Å². The Bertz CT molecular complexity index is 561. The van der Waals surface area contributed by atoms with Gasteiger partial charge in [0.15, 0.2) is 5.96 Å². The number of benzene rings is 1. The number of guanidine groups is 1. The topological polar surface area (TPSA) is 46.1 Å². The minimum Gasteiger partial charge on any atom is -0.385 e. The van der Waals surface area contributed by atoms with Gasteiger partial charge in [-0.2, -0.15) is 0 Å². The summed E-state index contributed by atoms with van der Waals surface area (Å²) in [6, 6.07) is 6.75. The fourth-order valence-corrected chi connectivity index (χ4v) is 3.62. The number of aryl methyl sites for hydroxylation is 2. The van der Waals surface area contributed by atoms with Crippen LogP contribution in [0.3, 0.4) is 0 Å². The van der Waals surface area contributed by atoms with E-state index in [1.54, 1.807) is 7.11 Å². The molecule has 0 atom stereocenters. The number of hydrogen-bond acceptors (Lipinski definition) is 3. The van der Waals surface area contributed by atoms with Crippen LogP contribution in [0.2, 0.25) is 0 Å². The fourth-order valence-electron chi connectivity index (χ4n) is 3.62. The van der Waals surface area contributed by atoms with Gasteiger partial charge in [-0.05, 0) is 52.0 Å². The van der Waals surface area contributed by atoms with E-state index in [1.165, 1.54) is 16.7 Å². The van der Waals surface area contributed by atoms with Crippen LogP contribution < -0.4 is 5.32 Å². The summed E-state index contributed by atoms with van der Waals surface area (Å²) in [7, 11) is 1.74. The fraction of sp³-hybridized carbons (Fsp3) is 0.682. The third-order valence-corrected chi connectivity index (χ3v) is 4.87. The van der Waals surface area contributed by atoms with Crippen molar-refractivity contribution in [3.8, 4) is 0 Å². The lowest BCUT2D eigenvalue weighted by molar-refractivity contribution is 0.00991. The molecule has 0 aromatic heterocycles. The van der Waals surface area contributed by atoms with Crippen molar-refractivity contribution in [1.82, 2.24) is 10.2 Å². The molecule has 1 N–H and O–H groups in total. The van der Waals surface area contributed by atoms with Crippen molar-refractivity contribution in [1.29, 1.82) is 0 Å². The number of hydrogen-bond donors (Lipinski definition) is 1. The number of rotatable bonds is 9. The number of likely N-dealkylation sites (tertiary alicyclic amines) is 1. The standard InChI is InChI=1S/C22H37N3O2/c1-5-23-22(24-10-7-20-16-18(2)15-19(3)17-20)25-11-8-21(9-12-25)27-14-6-13-26-4/h15-17,21H,5-14H2,1-4H3,(H,23,24). The average Bonchev–Trinajstić information content (AvgIpc) is 2.64. The Morgan fingerprint density at radius 1 is 1.15 bits per heavy atom. The first kappa shape index (κ1) is 21.7. The molecule has 1 fully saturated rings. The molecule has 27 heavy (non-hydrogen) atoms. The second kappa shape index (κ2) is 12.0. The van der Waals surface area contributed by atoms with E-state index in [2.05, 4.69) is 49.2 Å². The highest BCUT2D eigenvalue weighted by atomic mass is 16.5. The smallest absolute Gasteiger partial charge is 0.193 e. The molecule has 0 spiro atoms. The zero-order chi connectivity index (χ0) is 19.5. The van der Waals surface area contributed by atoms with E-state index in [-0.39, 0.29) is 0 Å². The molecule has 1 aromatic carbocycles. The third-order valence-electron chi connectivity index (χ3n) is 4.87. The first-order chi connectivity index (χ1) is 13.1. The monoisotopic (exact) mass is 375 g/mol. The summed E-state index contributed by atoms with van der Waals surface area (Å²) in [4.78, 5) is 7.25. The molecule has 0 aliphatic carbocycles. The number of ether oxygens (including phenoxy) is 2. The lowest BCUT2D eigenvalue weighted by atomic mass is 10.1. The molecule has 152 valence electrons. The molecule has 1 heterocycles. The maximum absolute atomic E-state index is 5.97. The van der Waals surface area contributed by atoms with Crippen molar-refractivity contribution in [2.75, 3.05) is 46.5 Å². The van der Waals surface area contributed by atoms with Gasteiger partial charge < -0.3 is 19.7 Å². The molecule has 5 nitrogen and oxygen atoms in total. The van der Waals surface area contributed by atoms with Crippen LogP contribution in [0.25, 0.3) is 0 Å². The first-order valence-corrected chi connectivity index (χ1v) is 10.3. The number of nitrogens with zero attached hydrogens (tertiary/aromatic N) is 2. The summed E-state index contributed by atoms with van der Waals surface area (Å²) in [5, 5.41) is 3.45. The lowest BCUT2D eigenvalue weighted by Gasteiger charge is -2.34. The number of methoxy groups -OCH3 is 1. The summed E-state index contributed by atoms with van der Waals surface area (Å²) in [6.45, 7) is 11.7. The molecule has 0 amide bonds. The molecular formula is C22H37N3O2. The zero-order valence-electron chi connectivity index (χ0n) is 17.6. The van der Waals surface area contributed by atoms with Gasteiger partial charge in [0, 0.05) is 46.5 Å². The molecule has 1 saturated heterocycles. The molecule has 2 rings (SSSR count). The number of aliphatic imine (C=N–C) groups is 1. The number of nitrogens with one attached hydrogen (secondary N) is 1. The van der Waals surface area contributed by atoms with Gasteiger partial charge >= 0.3 is 0 Å². The van der Waals surface area contributed by atoms with E-state index in [4.69, 9.17) is 14.5 Å². The average molecular weight is 376 g/mol. The summed E-state index contributed by atoms with van der Waals surface area (Å²) >= 11 is 0. The molecule has 1 aliphatic rings. The highest BCUT2D eigenvalue weighted by molar-refractivity contribution is 5.80. The third kappa shape index (κ3) is 7.89. The minimum atomic E-state index is 0.372. The largest absolute Gasteiger partial charge is 0.385 e. The predicted molar refractivity (Wildman–Crippen MR) is 113 cm³/mol. The molecule has 0 bridgehead atoms. The van der Waals surface area contributed by atoms with Gasteiger partial charge in [-0.15, -0.1) is 0 Å². The SMILES string of the molecule is CCNC(=NCCc1cc(C)cc(C)c1)N1CCC(OCCCOC)CC1. The summed E-state index contributed by atoms with van der Waals surface area (Å²) < 4.78 is 11.0. The molecule has 0 saturated carbocycles. The molecule has 0 radical (unpaired) electrons. The Labute approximate surface area is 165 Å². The Morgan fingerprint density at radius 3 is 2.48 bits per heavy atom. The summed E-state index contributed by atoms with van der Waals surface area (Å²) in [5.74, 6) is 1.04. The molecule has 0 unspecified atom stereocenters. The Hall–Kier alpha value is -1.59. The van der Waals surface area contributed by atoms with E-state index in [0.29, 0.717) is 6.10 Å². The lowest BCUT2D eigenvalue weighted by Crippen LogP contribution is -2.47. The predicted octanol–water partition coefficient (Wildman–Crippen LogP) is 3.33. The van der Waals surface area contributed by atoms with Crippen molar-refractivity contribution >= 4 is 5.96 Å². The van der Waals surface area contributed by atoms with E-state index >= 15 is 0 Å². The van der Waals surface area contributed by atoms with Crippen molar-refractivity contribution in [2.24, 2.45) is 4.99 Å². The normalized spacial score (nSPS) is 16.0. The minimum absolute atomic E-state index is 0.372. The molecule has 1 aromatic rings. The Morgan fingerprint density at radius 2 is 1.85 bits per heavy atom. The van der Waals surface area contributed by atoms with Crippen LogP contribution in [0, 0.1) is 13.8 Å². The van der Waals surface area contributed by atoms with Gasteiger partial charge in [0.2, 0.25) is 0 Å². The maximum atomic E-state index is 5.97. The Balaban J connectivity index is 1.81. The van der Waals surface area contributed by atoms with Gasteiger partial charge in [0.1, 0.15) is 0 Å². The van der Waals surface area contributed by atoms with Crippen LogP contribution in [0.5, 0.6) is 0 Å². The maximum Gasteiger partial charge on any atom is 0.193 e. The van der Waals surface area contributed by atoms with Crippen LogP contribution >= 0.6 is 0 Å². The van der Waals surface area contributed by atoms with E-state index in [0.717, 1.165) is 71.0 Å². The van der Waals surface area contributed by atoms with E-state index in [1.807, 2.05) is 0 Å². The zero-order valence-corrected chi connectivity index (χ0v) is 17.6. The number of piperidine rings is 1. The van der Waals surface area contributed by atoms with E-state index in [9.17, 15) is 0 Å². The van der Waals surface area contributed by atoms with E-state index < -0.39 is 0 Å². The van der Waals surface area contributed by atoms with Crippen molar-refractivity contribution in [3.05, 3.63) is 34.9 Å². The summed E-state index contributed by atoms with van der Waals surface area (Å²) in [6.07, 6.45) is 4.45. The molecule has 5 heteroatoms. The van der Waals surface area contributed by atoms with Crippen LogP contribution in [-0.4, -0.2) is 63.5 Å². The van der Waals surface area contributed by atoms with Gasteiger partial charge in [0.05, 0.1) is 6.10 Å². The molecular weight excluding hydrogens is 338 g/mol. The van der Waals surface area contributed by atoms with Crippen molar-refractivity contribution < 1.29 is 9.47 Å².